The summed E-state index contributed by atoms with van der Waals surface area (Å²) in [5, 5.41) is 1.38. The largest absolute Gasteiger partial charge is 0.318 e. The Labute approximate surface area is 159 Å². The highest BCUT2D eigenvalue weighted by Crippen LogP contribution is 2.57. The average molecular weight is 383 g/mol. The van der Waals surface area contributed by atoms with E-state index < -0.39 is 7.14 Å². The maximum Gasteiger partial charge on any atom is 0.163 e. The predicted molar refractivity (Wildman–Crippen MR) is 109 cm³/mol. The van der Waals surface area contributed by atoms with Crippen LogP contribution in [0, 0.1) is 0 Å². The smallest absolute Gasteiger partial charge is 0.163 e. The van der Waals surface area contributed by atoms with E-state index in [1.165, 1.54) is 0 Å². The molecule has 0 heterocycles. The number of carbonyl (C=O) groups excluding carboxylic acids is 1. The zero-order chi connectivity index (χ0) is 18.6. The van der Waals surface area contributed by atoms with E-state index in [0.29, 0.717) is 10.6 Å². The first kappa shape index (κ1) is 18.6. The van der Waals surface area contributed by atoms with Gasteiger partial charge in [0.2, 0.25) is 0 Å². The SMILES string of the molecule is CP(=O)(c1ccccc1)[C@@H](CC(=O)c1ccc(Cl)cc1)c1ccccc1. The van der Waals surface area contributed by atoms with Crippen LogP contribution in [0.1, 0.15) is 28.0 Å². The third-order valence-electron chi connectivity index (χ3n) is 4.59. The Bertz CT molecular complexity index is 921. The van der Waals surface area contributed by atoms with Gasteiger partial charge in [0.25, 0.3) is 0 Å². The molecule has 0 fully saturated rings. The number of benzene rings is 3. The summed E-state index contributed by atoms with van der Waals surface area (Å²) in [4.78, 5) is 12.9. The molecule has 0 aromatic heterocycles. The number of rotatable bonds is 6. The van der Waals surface area contributed by atoms with Crippen LogP contribution >= 0.6 is 18.7 Å². The molecule has 0 saturated heterocycles. The van der Waals surface area contributed by atoms with Crippen molar-refractivity contribution in [1.82, 2.24) is 0 Å². The molecule has 4 heteroatoms. The molecule has 3 aromatic rings. The molecule has 3 rings (SSSR count). The monoisotopic (exact) mass is 382 g/mol. The molecule has 2 nitrogen and oxygen atoms in total. The van der Waals surface area contributed by atoms with E-state index in [0.717, 1.165) is 10.9 Å². The van der Waals surface area contributed by atoms with Crippen LogP contribution in [0.15, 0.2) is 84.9 Å². The summed E-state index contributed by atoms with van der Waals surface area (Å²) in [5.41, 5.74) is 1.14. The minimum absolute atomic E-state index is 0.0338. The van der Waals surface area contributed by atoms with Gasteiger partial charge in [0, 0.05) is 28.0 Å². The summed E-state index contributed by atoms with van der Waals surface area (Å²) >= 11 is 5.91. The molecule has 0 radical (unpaired) electrons. The third-order valence-corrected chi connectivity index (χ3v) is 7.84. The molecule has 0 aliphatic rings. The van der Waals surface area contributed by atoms with E-state index in [1.807, 2.05) is 60.7 Å². The van der Waals surface area contributed by atoms with Gasteiger partial charge in [0.15, 0.2) is 5.78 Å². The summed E-state index contributed by atoms with van der Waals surface area (Å²) in [6.07, 6.45) is 0.189. The Morgan fingerprint density at radius 2 is 1.42 bits per heavy atom. The second kappa shape index (κ2) is 8.03. The van der Waals surface area contributed by atoms with Gasteiger partial charge in [0.05, 0.1) is 0 Å². The van der Waals surface area contributed by atoms with E-state index in [4.69, 9.17) is 11.6 Å². The van der Waals surface area contributed by atoms with E-state index in [2.05, 4.69) is 0 Å². The minimum Gasteiger partial charge on any atom is -0.318 e. The van der Waals surface area contributed by atoms with Crippen molar-refractivity contribution in [3.8, 4) is 0 Å². The number of hydrogen-bond acceptors (Lipinski definition) is 2. The standard InChI is InChI=1S/C22H20ClO2P/c1-26(25,20-10-6-3-7-11-20)22(18-8-4-2-5-9-18)16-21(24)17-12-14-19(23)15-13-17/h2-15,22H,16H2,1H3/t22-,26?/m0/s1. The van der Waals surface area contributed by atoms with Crippen LogP contribution in [0.4, 0.5) is 0 Å². The fraction of sp³-hybridized carbons (Fsp3) is 0.136. The maximum atomic E-state index is 13.8. The molecule has 0 amide bonds. The van der Waals surface area contributed by atoms with Crippen LogP contribution < -0.4 is 5.30 Å². The van der Waals surface area contributed by atoms with Crippen molar-refractivity contribution >= 4 is 29.8 Å². The lowest BCUT2D eigenvalue weighted by atomic mass is 10.0. The van der Waals surface area contributed by atoms with E-state index in [-0.39, 0.29) is 17.9 Å². The quantitative estimate of drug-likeness (QED) is 0.388. The number of hydrogen-bond donors (Lipinski definition) is 0. The molecular weight excluding hydrogens is 363 g/mol. The van der Waals surface area contributed by atoms with Crippen LogP contribution in [0.5, 0.6) is 0 Å². The Morgan fingerprint density at radius 1 is 0.885 bits per heavy atom. The molecule has 0 aliphatic heterocycles. The lowest BCUT2D eigenvalue weighted by molar-refractivity contribution is 0.0981. The summed E-state index contributed by atoms with van der Waals surface area (Å²) in [6.45, 7) is 1.77. The zero-order valence-corrected chi connectivity index (χ0v) is 16.2. The minimum atomic E-state index is -2.81. The molecule has 0 bridgehead atoms. The molecule has 26 heavy (non-hydrogen) atoms. The van der Waals surface area contributed by atoms with Crippen molar-refractivity contribution in [2.24, 2.45) is 0 Å². The number of halogens is 1. The van der Waals surface area contributed by atoms with Gasteiger partial charge in [-0.3, -0.25) is 4.79 Å². The fourth-order valence-electron chi connectivity index (χ4n) is 3.08. The van der Waals surface area contributed by atoms with Gasteiger partial charge in [-0.1, -0.05) is 72.3 Å². The molecular formula is C22H20ClO2P. The van der Waals surface area contributed by atoms with Crippen molar-refractivity contribution in [3.05, 3.63) is 101 Å². The first-order valence-electron chi connectivity index (χ1n) is 8.45. The number of carbonyl (C=O) groups is 1. The Morgan fingerprint density at radius 3 is 2.00 bits per heavy atom. The molecule has 0 saturated carbocycles. The van der Waals surface area contributed by atoms with E-state index in [9.17, 15) is 9.36 Å². The van der Waals surface area contributed by atoms with Crippen LogP contribution in [-0.2, 0) is 4.57 Å². The lowest BCUT2D eigenvalue weighted by Crippen LogP contribution is -2.15. The topological polar surface area (TPSA) is 34.1 Å². The molecule has 0 N–H and O–H groups in total. The van der Waals surface area contributed by atoms with Crippen LogP contribution in [0.2, 0.25) is 5.02 Å². The lowest BCUT2D eigenvalue weighted by Gasteiger charge is -2.25. The van der Waals surface area contributed by atoms with E-state index >= 15 is 0 Å². The van der Waals surface area contributed by atoms with Crippen LogP contribution in [-0.4, -0.2) is 12.4 Å². The van der Waals surface area contributed by atoms with Gasteiger partial charge in [-0.25, -0.2) is 0 Å². The highest BCUT2D eigenvalue weighted by molar-refractivity contribution is 7.71. The van der Waals surface area contributed by atoms with Gasteiger partial charge < -0.3 is 4.57 Å². The van der Waals surface area contributed by atoms with Gasteiger partial charge in [-0.05, 0) is 36.5 Å². The van der Waals surface area contributed by atoms with Gasteiger partial charge in [-0.15, -0.1) is 0 Å². The van der Waals surface area contributed by atoms with Gasteiger partial charge in [0.1, 0.15) is 7.14 Å². The van der Waals surface area contributed by atoms with Crippen molar-refractivity contribution in [2.75, 3.05) is 6.66 Å². The summed E-state index contributed by atoms with van der Waals surface area (Å²) in [7, 11) is -2.81. The van der Waals surface area contributed by atoms with Crippen LogP contribution in [0.3, 0.4) is 0 Å². The summed E-state index contributed by atoms with van der Waals surface area (Å²) < 4.78 is 13.8. The molecule has 0 aliphatic carbocycles. The highest BCUT2D eigenvalue weighted by atomic mass is 35.5. The molecule has 3 aromatic carbocycles. The summed E-state index contributed by atoms with van der Waals surface area (Å²) in [6, 6.07) is 25.9. The number of Topliss-reactive ketones (excluding diaryl/α,β-unsaturated/α-hetero) is 1. The molecule has 132 valence electrons. The van der Waals surface area contributed by atoms with Crippen molar-refractivity contribution in [3.63, 3.8) is 0 Å². The second-order valence-corrected chi connectivity index (χ2v) is 9.94. The Kier molecular flexibility index (Phi) is 5.76. The summed E-state index contributed by atoms with van der Waals surface area (Å²) in [5.74, 6) is -0.0338. The first-order chi connectivity index (χ1) is 12.5. The Hall–Kier alpha value is -2.15. The van der Waals surface area contributed by atoms with E-state index in [1.54, 1.807) is 30.9 Å². The average Bonchev–Trinajstić information content (AvgIpc) is 2.67. The third kappa shape index (κ3) is 4.15. The normalized spacial score (nSPS) is 14.4. The highest BCUT2D eigenvalue weighted by Gasteiger charge is 2.33. The maximum absolute atomic E-state index is 13.8. The molecule has 0 spiro atoms. The Balaban J connectivity index is 1.98. The van der Waals surface area contributed by atoms with Crippen molar-refractivity contribution < 1.29 is 9.36 Å². The van der Waals surface area contributed by atoms with Gasteiger partial charge in [-0.2, -0.15) is 0 Å². The predicted octanol–water partition coefficient (Wildman–Crippen LogP) is 5.97. The van der Waals surface area contributed by atoms with Crippen LogP contribution in [0.25, 0.3) is 0 Å². The van der Waals surface area contributed by atoms with Crippen molar-refractivity contribution in [1.29, 1.82) is 0 Å². The zero-order valence-electron chi connectivity index (χ0n) is 14.5. The van der Waals surface area contributed by atoms with Gasteiger partial charge >= 0.3 is 0 Å². The first-order valence-corrected chi connectivity index (χ1v) is 11.0. The fourth-order valence-corrected chi connectivity index (χ4v) is 5.59. The molecule has 2 atom stereocenters. The molecule has 1 unspecified atom stereocenters. The number of ketones is 1. The van der Waals surface area contributed by atoms with Crippen molar-refractivity contribution in [2.45, 2.75) is 12.1 Å². The second-order valence-electron chi connectivity index (χ2n) is 6.39.